The van der Waals surface area contributed by atoms with Gasteiger partial charge in [-0.05, 0) is 29.8 Å². The maximum Gasteiger partial charge on any atom is 0.234 e. The van der Waals surface area contributed by atoms with Gasteiger partial charge in [-0.2, -0.15) is 0 Å². The molecule has 0 bridgehead atoms. The average Bonchev–Trinajstić information content (AvgIpc) is 2.63. The van der Waals surface area contributed by atoms with Crippen LogP contribution in [0.1, 0.15) is 5.56 Å². The Labute approximate surface area is 167 Å². The number of amides is 1. The number of halogens is 2. The van der Waals surface area contributed by atoms with Gasteiger partial charge in [0.15, 0.2) is 0 Å². The number of benzene rings is 2. The van der Waals surface area contributed by atoms with E-state index in [2.05, 4.69) is 10.2 Å². The fourth-order valence-electron chi connectivity index (χ4n) is 2.80. The van der Waals surface area contributed by atoms with Crippen LogP contribution in [-0.2, 0) is 15.3 Å². The highest BCUT2D eigenvalue weighted by atomic mass is 35.5. The van der Waals surface area contributed by atoms with Crippen molar-refractivity contribution >= 4 is 52.2 Å². The van der Waals surface area contributed by atoms with Crippen molar-refractivity contribution in [3.8, 4) is 0 Å². The van der Waals surface area contributed by atoms with Gasteiger partial charge in [0.1, 0.15) is 0 Å². The van der Waals surface area contributed by atoms with Crippen molar-refractivity contribution < 1.29 is 9.53 Å². The third-order valence-electron chi connectivity index (χ3n) is 3.98. The predicted octanol–water partition coefficient (Wildman–Crippen LogP) is 4.70. The summed E-state index contributed by atoms with van der Waals surface area (Å²) in [5.41, 5.74) is 2.71. The zero-order valence-electron chi connectivity index (χ0n) is 14.2. The summed E-state index contributed by atoms with van der Waals surface area (Å²) in [5.74, 6) is 1.05. The number of hydrogen-bond donors (Lipinski definition) is 1. The molecule has 2 aromatic carbocycles. The summed E-state index contributed by atoms with van der Waals surface area (Å²) in [6.07, 6.45) is 0. The number of nitrogens with one attached hydrogen (secondary N) is 1. The van der Waals surface area contributed by atoms with E-state index in [1.165, 1.54) is 0 Å². The smallest absolute Gasteiger partial charge is 0.234 e. The second kappa shape index (κ2) is 9.51. The van der Waals surface area contributed by atoms with Crippen LogP contribution in [0, 0.1) is 0 Å². The first-order valence-corrected chi connectivity index (χ1v) is 10.3. The van der Waals surface area contributed by atoms with Crippen LogP contribution in [-0.4, -0.2) is 38.0 Å². The highest BCUT2D eigenvalue weighted by Gasteiger charge is 2.19. The average molecular weight is 411 g/mol. The molecule has 1 fully saturated rings. The Hall–Kier alpha value is -1.40. The van der Waals surface area contributed by atoms with Crippen LogP contribution in [0.25, 0.3) is 0 Å². The van der Waals surface area contributed by atoms with Crippen molar-refractivity contribution in [2.75, 3.05) is 42.3 Å². The molecule has 0 saturated carbocycles. The van der Waals surface area contributed by atoms with Crippen LogP contribution in [0.15, 0.2) is 42.5 Å². The van der Waals surface area contributed by atoms with E-state index in [1.807, 2.05) is 42.5 Å². The van der Waals surface area contributed by atoms with Crippen molar-refractivity contribution in [1.82, 2.24) is 0 Å². The van der Waals surface area contributed by atoms with Crippen LogP contribution in [0.2, 0.25) is 10.0 Å². The van der Waals surface area contributed by atoms with Crippen molar-refractivity contribution in [2.45, 2.75) is 5.75 Å². The van der Waals surface area contributed by atoms with Crippen LogP contribution in [0.3, 0.4) is 0 Å². The lowest BCUT2D eigenvalue weighted by molar-refractivity contribution is -0.113. The molecule has 4 nitrogen and oxygen atoms in total. The number of carbonyl (C=O) groups is 1. The molecule has 0 radical (unpaired) electrons. The number of ether oxygens (including phenoxy) is 1. The molecule has 0 unspecified atom stereocenters. The van der Waals surface area contributed by atoms with Crippen molar-refractivity contribution in [3.05, 3.63) is 58.1 Å². The van der Waals surface area contributed by atoms with E-state index in [1.54, 1.807) is 11.8 Å². The van der Waals surface area contributed by atoms with E-state index in [0.717, 1.165) is 35.8 Å². The Kier molecular flexibility index (Phi) is 7.08. The lowest BCUT2D eigenvalue weighted by atomic mass is 10.2. The van der Waals surface area contributed by atoms with Gasteiger partial charge in [-0.1, -0.05) is 41.4 Å². The van der Waals surface area contributed by atoms with Gasteiger partial charge in [0, 0.05) is 23.9 Å². The number of rotatable bonds is 6. The Morgan fingerprint density at radius 1 is 1.15 bits per heavy atom. The minimum absolute atomic E-state index is 0.0474. The molecular weight excluding hydrogens is 391 g/mol. The van der Waals surface area contributed by atoms with Gasteiger partial charge in [0.05, 0.1) is 35.4 Å². The third kappa shape index (κ3) is 5.30. The molecule has 1 saturated heterocycles. The number of carbonyl (C=O) groups excluding carboxylic acids is 1. The van der Waals surface area contributed by atoms with Gasteiger partial charge in [-0.15, -0.1) is 11.8 Å². The number of anilines is 2. The fourth-order valence-corrected chi connectivity index (χ4v) is 4.08. The van der Waals surface area contributed by atoms with Crippen molar-refractivity contribution in [3.63, 3.8) is 0 Å². The van der Waals surface area contributed by atoms with Gasteiger partial charge in [0.25, 0.3) is 0 Å². The van der Waals surface area contributed by atoms with Crippen LogP contribution in [0.5, 0.6) is 0 Å². The third-order valence-corrected chi connectivity index (χ3v) is 5.52. The summed E-state index contributed by atoms with van der Waals surface area (Å²) in [4.78, 5) is 14.5. The minimum atomic E-state index is -0.0474. The highest BCUT2D eigenvalue weighted by molar-refractivity contribution is 7.99. The molecule has 26 heavy (non-hydrogen) atoms. The van der Waals surface area contributed by atoms with Gasteiger partial charge in [0.2, 0.25) is 5.91 Å². The molecule has 0 aromatic heterocycles. The molecule has 0 aliphatic carbocycles. The standard InChI is InChI=1S/C19H20Cl2N2O2S/c20-15-4-1-3-14(11-15)12-26-13-18(24)22-17-6-2-5-16(21)19(17)23-7-9-25-10-8-23/h1-6,11H,7-10,12-13H2,(H,22,24). The predicted molar refractivity (Wildman–Crippen MR) is 111 cm³/mol. The molecule has 1 aliphatic rings. The Balaban J connectivity index is 1.59. The Morgan fingerprint density at radius 3 is 2.69 bits per heavy atom. The first-order valence-electron chi connectivity index (χ1n) is 8.37. The molecule has 138 valence electrons. The van der Waals surface area contributed by atoms with E-state index in [-0.39, 0.29) is 5.91 Å². The molecule has 0 atom stereocenters. The summed E-state index contributed by atoms with van der Waals surface area (Å²) in [6, 6.07) is 13.3. The number of thioether (sulfide) groups is 1. The van der Waals surface area contributed by atoms with E-state index >= 15 is 0 Å². The van der Waals surface area contributed by atoms with Crippen LogP contribution < -0.4 is 10.2 Å². The number of para-hydroxylation sites is 1. The second-order valence-electron chi connectivity index (χ2n) is 5.91. The van der Waals surface area contributed by atoms with E-state index in [9.17, 15) is 4.79 Å². The highest BCUT2D eigenvalue weighted by Crippen LogP contribution is 2.34. The van der Waals surface area contributed by atoms with Gasteiger partial charge in [-0.25, -0.2) is 0 Å². The molecule has 1 aliphatic heterocycles. The molecule has 0 spiro atoms. The molecular formula is C19H20Cl2N2O2S. The topological polar surface area (TPSA) is 41.6 Å². The molecule has 3 rings (SSSR count). The Bertz CT molecular complexity index is 767. The zero-order chi connectivity index (χ0) is 18.4. The van der Waals surface area contributed by atoms with Crippen molar-refractivity contribution in [2.24, 2.45) is 0 Å². The molecule has 2 aromatic rings. The normalized spacial score (nSPS) is 14.3. The zero-order valence-corrected chi connectivity index (χ0v) is 16.5. The largest absolute Gasteiger partial charge is 0.378 e. The second-order valence-corrected chi connectivity index (χ2v) is 7.74. The van der Waals surface area contributed by atoms with Crippen LogP contribution >= 0.6 is 35.0 Å². The van der Waals surface area contributed by atoms with Crippen LogP contribution in [0.4, 0.5) is 11.4 Å². The lowest BCUT2D eigenvalue weighted by Crippen LogP contribution is -2.37. The number of nitrogens with zero attached hydrogens (tertiary/aromatic N) is 1. The molecule has 1 heterocycles. The molecule has 1 amide bonds. The summed E-state index contributed by atoms with van der Waals surface area (Å²) in [6.45, 7) is 2.84. The summed E-state index contributed by atoms with van der Waals surface area (Å²) < 4.78 is 5.40. The van der Waals surface area contributed by atoms with E-state index in [0.29, 0.717) is 29.0 Å². The van der Waals surface area contributed by atoms with Gasteiger partial charge >= 0.3 is 0 Å². The van der Waals surface area contributed by atoms with E-state index < -0.39 is 0 Å². The van der Waals surface area contributed by atoms with Gasteiger partial charge < -0.3 is 15.0 Å². The van der Waals surface area contributed by atoms with Gasteiger partial charge in [-0.3, -0.25) is 4.79 Å². The number of hydrogen-bond acceptors (Lipinski definition) is 4. The number of morpholine rings is 1. The summed E-state index contributed by atoms with van der Waals surface area (Å²) >= 11 is 13.9. The maximum absolute atomic E-state index is 12.4. The molecule has 7 heteroatoms. The van der Waals surface area contributed by atoms with E-state index in [4.69, 9.17) is 27.9 Å². The fraction of sp³-hybridized carbons (Fsp3) is 0.316. The molecule has 1 N–H and O–H groups in total. The maximum atomic E-state index is 12.4. The van der Waals surface area contributed by atoms with Crippen molar-refractivity contribution in [1.29, 1.82) is 0 Å². The Morgan fingerprint density at radius 2 is 1.92 bits per heavy atom. The lowest BCUT2D eigenvalue weighted by Gasteiger charge is -2.31. The first kappa shape index (κ1) is 19.4. The monoisotopic (exact) mass is 410 g/mol. The quantitative estimate of drug-likeness (QED) is 0.748. The first-order chi connectivity index (χ1) is 12.6. The summed E-state index contributed by atoms with van der Waals surface area (Å²) in [7, 11) is 0. The minimum Gasteiger partial charge on any atom is -0.378 e. The SMILES string of the molecule is O=C(CSCc1cccc(Cl)c1)Nc1cccc(Cl)c1N1CCOCC1. The summed E-state index contributed by atoms with van der Waals surface area (Å²) in [5, 5.41) is 4.34.